The first-order chi connectivity index (χ1) is 7.27. The largest absolute Gasteiger partial charge is 0.477 e. The van der Waals surface area contributed by atoms with Crippen LogP contribution in [0.4, 0.5) is 0 Å². The van der Waals surface area contributed by atoms with Crippen LogP contribution in [0.5, 0.6) is 0 Å². The topological polar surface area (TPSA) is 63.1 Å². The van der Waals surface area contributed by atoms with Crippen LogP contribution in [0, 0.1) is 0 Å². The summed E-state index contributed by atoms with van der Waals surface area (Å²) < 4.78 is 0. The van der Waals surface area contributed by atoms with E-state index in [2.05, 4.69) is 9.97 Å². The predicted octanol–water partition coefficient (Wildman–Crippen LogP) is 1.83. The van der Waals surface area contributed by atoms with Gasteiger partial charge in [0.1, 0.15) is 0 Å². The lowest BCUT2D eigenvalue weighted by Crippen LogP contribution is -2.05. The molecule has 0 spiro atoms. The van der Waals surface area contributed by atoms with Crippen LogP contribution in [0.15, 0.2) is 29.9 Å². The zero-order chi connectivity index (χ0) is 10.7. The second kappa shape index (κ2) is 4.18. The van der Waals surface area contributed by atoms with Crippen LogP contribution < -0.4 is 0 Å². The van der Waals surface area contributed by atoms with E-state index in [1.54, 1.807) is 18.3 Å². The van der Waals surface area contributed by atoms with E-state index >= 15 is 0 Å². The fourth-order valence-electron chi connectivity index (χ4n) is 1.28. The molecule has 0 radical (unpaired) electrons. The zero-order valence-electron chi connectivity index (χ0n) is 7.75. The summed E-state index contributed by atoms with van der Waals surface area (Å²) in [5.41, 5.74) is 0.799. The molecule has 0 saturated carbocycles. The van der Waals surface area contributed by atoms with Gasteiger partial charge in [-0.2, -0.15) is 0 Å². The third-order valence-electron chi connectivity index (χ3n) is 1.92. The van der Waals surface area contributed by atoms with Crippen molar-refractivity contribution < 1.29 is 9.90 Å². The number of hydrogen-bond acceptors (Lipinski definition) is 4. The Morgan fingerprint density at radius 3 is 2.93 bits per heavy atom. The molecule has 1 N–H and O–H groups in total. The molecule has 0 bridgehead atoms. The highest BCUT2D eigenvalue weighted by Gasteiger charge is 2.11. The number of carboxylic acid groups (broad SMARTS) is 1. The van der Waals surface area contributed by atoms with E-state index in [9.17, 15) is 4.79 Å². The smallest absolute Gasteiger partial charge is 0.354 e. The predicted molar refractivity (Wildman–Crippen MR) is 56.1 cm³/mol. The zero-order valence-corrected chi connectivity index (χ0v) is 8.57. The van der Waals surface area contributed by atoms with Crippen molar-refractivity contribution >= 4 is 17.3 Å². The Balaban J connectivity index is 2.32. The number of aromatic carboxylic acids is 1. The molecule has 2 heterocycles. The maximum atomic E-state index is 10.9. The Morgan fingerprint density at radius 1 is 1.40 bits per heavy atom. The van der Waals surface area contributed by atoms with Gasteiger partial charge >= 0.3 is 5.97 Å². The van der Waals surface area contributed by atoms with Crippen LogP contribution in [-0.4, -0.2) is 21.0 Å². The summed E-state index contributed by atoms with van der Waals surface area (Å²) in [6.07, 6.45) is 3.71. The Labute approximate surface area is 90.3 Å². The van der Waals surface area contributed by atoms with Crippen LogP contribution in [-0.2, 0) is 6.42 Å². The fraction of sp³-hybridized carbons (Fsp3) is 0.100. The molecule has 0 aromatic carbocycles. The molecule has 15 heavy (non-hydrogen) atoms. The molecule has 0 unspecified atom stereocenters. The monoisotopic (exact) mass is 220 g/mol. The van der Waals surface area contributed by atoms with Gasteiger partial charge in [-0.3, -0.25) is 0 Å². The third-order valence-corrected chi connectivity index (χ3v) is 2.70. The summed E-state index contributed by atoms with van der Waals surface area (Å²) in [5, 5.41) is 11.7. The van der Waals surface area contributed by atoms with Crippen molar-refractivity contribution in [2.45, 2.75) is 6.42 Å². The van der Waals surface area contributed by atoms with Crippen molar-refractivity contribution in [1.82, 2.24) is 9.97 Å². The normalized spacial score (nSPS) is 10.1. The van der Waals surface area contributed by atoms with Crippen molar-refractivity contribution in [3.05, 3.63) is 46.2 Å². The molecule has 2 aromatic heterocycles. The average Bonchev–Trinajstić information content (AvgIpc) is 2.71. The average molecular weight is 220 g/mol. The van der Waals surface area contributed by atoms with E-state index in [1.807, 2.05) is 5.38 Å². The summed E-state index contributed by atoms with van der Waals surface area (Å²) >= 11 is 1.51. The van der Waals surface area contributed by atoms with Gasteiger partial charge in [0.15, 0.2) is 5.69 Å². The van der Waals surface area contributed by atoms with Crippen molar-refractivity contribution in [2.24, 2.45) is 0 Å². The molecular formula is C10H8N2O2S. The van der Waals surface area contributed by atoms with Gasteiger partial charge in [0.05, 0.1) is 5.01 Å². The molecule has 5 heteroatoms. The third kappa shape index (κ3) is 2.19. The lowest BCUT2D eigenvalue weighted by molar-refractivity contribution is 0.0689. The number of aromatic nitrogens is 2. The standard InChI is InChI=1S/C10H8N2O2S/c13-10(14)9-7(2-1-3-12-9)6-8-11-4-5-15-8/h1-5H,6H2,(H,13,14). The van der Waals surface area contributed by atoms with Crippen LogP contribution in [0.3, 0.4) is 0 Å². The first-order valence-corrected chi connectivity index (χ1v) is 5.21. The Morgan fingerprint density at radius 2 is 2.27 bits per heavy atom. The number of carbonyl (C=O) groups is 1. The van der Waals surface area contributed by atoms with Gasteiger partial charge in [0.25, 0.3) is 0 Å². The highest BCUT2D eigenvalue weighted by molar-refractivity contribution is 7.09. The molecule has 0 aliphatic rings. The first kappa shape index (κ1) is 9.79. The van der Waals surface area contributed by atoms with Gasteiger partial charge in [-0.25, -0.2) is 14.8 Å². The van der Waals surface area contributed by atoms with Gasteiger partial charge in [-0.05, 0) is 11.6 Å². The second-order valence-corrected chi connectivity index (χ2v) is 3.90. The summed E-state index contributed by atoms with van der Waals surface area (Å²) in [6.45, 7) is 0. The van der Waals surface area contributed by atoms with Crippen molar-refractivity contribution in [2.75, 3.05) is 0 Å². The van der Waals surface area contributed by atoms with Crippen LogP contribution in [0.25, 0.3) is 0 Å². The quantitative estimate of drug-likeness (QED) is 0.857. The lowest BCUT2D eigenvalue weighted by atomic mass is 10.1. The number of carboxylic acids is 1. The van der Waals surface area contributed by atoms with Gasteiger partial charge in [-0.15, -0.1) is 11.3 Å². The number of thiazole rings is 1. The number of rotatable bonds is 3. The summed E-state index contributed by atoms with van der Waals surface area (Å²) in [7, 11) is 0. The van der Waals surface area contributed by atoms with E-state index in [4.69, 9.17) is 5.11 Å². The second-order valence-electron chi connectivity index (χ2n) is 2.92. The molecule has 76 valence electrons. The van der Waals surface area contributed by atoms with Crippen molar-refractivity contribution in [3.8, 4) is 0 Å². The molecule has 0 atom stereocenters. The minimum atomic E-state index is -0.998. The van der Waals surface area contributed by atoms with Gasteiger partial charge in [0.2, 0.25) is 0 Å². The SMILES string of the molecule is O=C(O)c1ncccc1Cc1nccs1. The van der Waals surface area contributed by atoms with Crippen LogP contribution >= 0.6 is 11.3 Å². The molecule has 0 aliphatic carbocycles. The Hall–Kier alpha value is -1.75. The minimum Gasteiger partial charge on any atom is -0.477 e. The van der Waals surface area contributed by atoms with E-state index < -0.39 is 5.97 Å². The van der Waals surface area contributed by atoms with E-state index in [-0.39, 0.29) is 5.69 Å². The molecule has 2 rings (SSSR count). The molecule has 4 nitrogen and oxygen atoms in total. The maximum Gasteiger partial charge on any atom is 0.354 e. The fourth-order valence-corrected chi connectivity index (χ4v) is 1.92. The highest BCUT2D eigenvalue weighted by atomic mass is 32.1. The van der Waals surface area contributed by atoms with E-state index in [1.165, 1.54) is 17.5 Å². The number of nitrogens with zero attached hydrogens (tertiary/aromatic N) is 2. The van der Waals surface area contributed by atoms with Gasteiger partial charge in [0, 0.05) is 24.2 Å². The lowest BCUT2D eigenvalue weighted by Gasteiger charge is -2.01. The molecule has 0 saturated heterocycles. The molecule has 2 aromatic rings. The maximum absolute atomic E-state index is 10.9. The summed E-state index contributed by atoms with van der Waals surface area (Å²) in [6, 6.07) is 3.49. The Bertz CT molecular complexity index is 468. The van der Waals surface area contributed by atoms with Crippen LogP contribution in [0.2, 0.25) is 0 Å². The van der Waals surface area contributed by atoms with E-state index in [0.717, 1.165) is 5.01 Å². The molecule has 0 aliphatic heterocycles. The number of hydrogen-bond donors (Lipinski definition) is 1. The molecule has 0 amide bonds. The molecule has 0 fully saturated rings. The first-order valence-electron chi connectivity index (χ1n) is 4.33. The summed E-state index contributed by atoms with van der Waals surface area (Å²) in [5.74, 6) is -0.998. The Kier molecular flexibility index (Phi) is 2.73. The van der Waals surface area contributed by atoms with Crippen LogP contribution in [0.1, 0.15) is 21.1 Å². The van der Waals surface area contributed by atoms with Gasteiger partial charge < -0.3 is 5.11 Å². The minimum absolute atomic E-state index is 0.104. The summed E-state index contributed by atoms with van der Waals surface area (Å²) in [4.78, 5) is 18.8. The van der Waals surface area contributed by atoms with Crippen molar-refractivity contribution in [3.63, 3.8) is 0 Å². The van der Waals surface area contributed by atoms with E-state index in [0.29, 0.717) is 12.0 Å². The highest BCUT2D eigenvalue weighted by Crippen LogP contribution is 2.14. The molecular weight excluding hydrogens is 212 g/mol. The van der Waals surface area contributed by atoms with Crippen molar-refractivity contribution in [1.29, 1.82) is 0 Å². The van der Waals surface area contributed by atoms with Gasteiger partial charge in [-0.1, -0.05) is 6.07 Å². The number of pyridine rings is 1.